The van der Waals surface area contributed by atoms with Crippen LogP contribution < -0.4 is 4.89 Å². The molecule has 0 aromatic heterocycles. The summed E-state index contributed by atoms with van der Waals surface area (Å²) < 4.78 is 27.3. The van der Waals surface area contributed by atoms with Crippen LogP contribution in [0.2, 0.25) is 0 Å². The summed E-state index contributed by atoms with van der Waals surface area (Å²) in [6, 6.07) is 0. The van der Waals surface area contributed by atoms with E-state index >= 15 is 0 Å². The highest BCUT2D eigenvalue weighted by Crippen LogP contribution is 2.34. The third kappa shape index (κ3) is 19.4. The molecule has 31 heavy (non-hydrogen) atoms. The zero-order valence-electron chi connectivity index (χ0n) is 19.8. The molecule has 1 N–H and O–H groups in total. The molecule has 0 aliphatic heterocycles. The van der Waals surface area contributed by atoms with Gasteiger partial charge in [-0.2, -0.15) is 0 Å². The highest BCUT2D eigenvalue weighted by Gasteiger charge is 2.25. The van der Waals surface area contributed by atoms with Crippen molar-refractivity contribution in [2.45, 2.75) is 90.3 Å². The second-order valence-corrected chi connectivity index (χ2v) is 10.1. The van der Waals surface area contributed by atoms with Gasteiger partial charge in [-0.05, 0) is 25.7 Å². The quantitative estimate of drug-likeness (QED) is 0.141. The monoisotopic (exact) mass is 467 g/mol. The smallest absolute Gasteiger partial charge is 0.306 e. The average molecular weight is 468 g/mol. The molecule has 0 bridgehead atoms. The van der Waals surface area contributed by atoms with Crippen LogP contribution in [0.3, 0.4) is 0 Å². The molecule has 0 aromatic rings. The Balaban J connectivity index is 4.94. The number of phosphoric acid groups is 1. The number of esters is 2. The molecule has 0 aliphatic carbocycles. The van der Waals surface area contributed by atoms with Crippen molar-refractivity contribution in [1.82, 2.24) is 0 Å². The highest BCUT2D eigenvalue weighted by molar-refractivity contribution is 7.44. The summed E-state index contributed by atoms with van der Waals surface area (Å²) in [6.07, 6.45) is 4.83. The summed E-state index contributed by atoms with van der Waals surface area (Å²) in [5.41, 5.74) is 0. The van der Waals surface area contributed by atoms with E-state index in [-0.39, 0.29) is 37.8 Å². The van der Waals surface area contributed by atoms with Crippen molar-refractivity contribution in [2.75, 3.05) is 34.3 Å². The second kappa shape index (κ2) is 15.8. The fraction of sp³-hybridized carbons (Fsp3) is 0.905. The van der Waals surface area contributed by atoms with Gasteiger partial charge in [-0.3, -0.25) is 14.2 Å². The van der Waals surface area contributed by atoms with Gasteiger partial charge in [-0.25, -0.2) is 0 Å². The molecule has 0 heterocycles. The molecular weight excluding hydrogens is 425 g/mol. The lowest BCUT2D eigenvalue weighted by atomic mass is 10.1. The fourth-order valence-corrected chi connectivity index (χ4v) is 3.62. The lowest BCUT2D eigenvalue weighted by molar-refractivity contribution is -0.873. The van der Waals surface area contributed by atoms with E-state index < -0.39 is 20.0 Å². The van der Waals surface area contributed by atoms with E-state index in [1.165, 1.54) is 0 Å². The van der Waals surface area contributed by atoms with Gasteiger partial charge in [0.2, 0.25) is 0 Å². The SMILES string of the molecule is CCCCCC(=O)OC[C@H](CCC(C[N+](C)(C)C)OP(=O)([O-])O)OC(=O)CCCCC. The van der Waals surface area contributed by atoms with E-state index in [1.54, 1.807) is 0 Å². The van der Waals surface area contributed by atoms with Gasteiger partial charge in [-0.15, -0.1) is 0 Å². The lowest BCUT2D eigenvalue weighted by Crippen LogP contribution is -2.43. The standard InChI is InChI=1S/C21H42NO8P/c1-6-8-10-12-20(23)28-17-19(29-21(24)13-11-9-7-2)15-14-18(16-22(3,4)5)30-31(25,26)27/h18-19H,6-17H2,1-5H3,(H-,25,26,27)/t18?,19-/m0/s1. The predicted molar refractivity (Wildman–Crippen MR) is 116 cm³/mol. The van der Waals surface area contributed by atoms with Gasteiger partial charge < -0.3 is 28.3 Å². The van der Waals surface area contributed by atoms with Crippen molar-refractivity contribution in [1.29, 1.82) is 0 Å². The number of hydrogen-bond donors (Lipinski definition) is 1. The molecule has 0 spiro atoms. The minimum atomic E-state index is -4.91. The molecule has 0 fully saturated rings. The Morgan fingerprint density at radius 3 is 1.94 bits per heavy atom. The number of hydrogen-bond acceptors (Lipinski definition) is 7. The van der Waals surface area contributed by atoms with Gasteiger partial charge in [0.05, 0.1) is 21.1 Å². The van der Waals surface area contributed by atoms with E-state index in [1.807, 2.05) is 35.0 Å². The van der Waals surface area contributed by atoms with E-state index in [4.69, 9.17) is 18.9 Å². The van der Waals surface area contributed by atoms with Crippen molar-refractivity contribution in [3.63, 3.8) is 0 Å². The van der Waals surface area contributed by atoms with Gasteiger partial charge in [0.1, 0.15) is 25.4 Å². The lowest BCUT2D eigenvalue weighted by Gasteiger charge is -2.32. The van der Waals surface area contributed by atoms with Crippen LogP contribution in [0.25, 0.3) is 0 Å². The normalized spacial score (nSPS) is 15.7. The molecule has 0 aromatic carbocycles. The van der Waals surface area contributed by atoms with E-state index in [2.05, 4.69) is 0 Å². The molecule has 0 saturated heterocycles. The van der Waals surface area contributed by atoms with Crippen LogP contribution >= 0.6 is 7.82 Å². The van der Waals surface area contributed by atoms with Crippen LogP contribution in [0.5, 0.6) is 0 Å². The summed E-state index contributed by atoms with van der Waals surface area (Å²) in [5, 5.41) is 0. The van der Waals surface area contributed by atoms with Crippen LogP contribution in [0.4, 0.5) is 0 Å². The third-order valence-electron chi connectivity index (χ3n) is 4.54. The van der Waals surface area contributed by atoms with Crippen molar-refractivity contribution >= 4 is 19.8 Å². The molecule has 3 atom stereocenters. The van der Waals surface area contributed by atoms with Crippen LogP contribution in [0.1, 0.15) is 78.1 Å². The second-order valence-electron chi connectivity index (χ2n) is 8.96. The van der Waals surface area contributed by atoms with Gasteiger partial charge in [0, 0.05) is 12.8 Å². The largest absolute Gasteiger partial charge is 0.756 e. The Morgan fingerprint density at radius 2 is 1.45 bits per heavy atom. The molecule has 0 amide bonds. The predicted octanol–water partition coefficient (Wildman–Crippen LogP) is 2.93. The minimum absolute atomic E-state index is 0.0876. The Morgan fingerprint density at radius 1 is 0.935 bits per heavy atom. The minimum Gasteiger partial charge on any atom is -0.756 e. The maximum Gasteiger partial charge on any atom is 0.306 e. The Hall–Kier alpha value is -0.990. The topological polar surface area (TPSA) is 122 Å². The number of unbranched alkanes of at least 4 members (excludes halogenated alkanes) is 4. The van der Waals surface area contributed by atoms with Crippen LogP contribution in [0.15, 0.2) is 0 Å². The Labute approximate surface area is 187 Å². The van der Waals surface area contributed by atoms with Gasteiger partial charge in [0.15, 0.2) is 0 Å². The zero-order valence-corrected chi connectivity index (χ0v) is 20.7. The number of carbonyl (C=O) groups excluding carboxylic acids is 2. The number of likely N-dealkylation sites (N-methyl/N-ethyl adjacent to an activating group) is 1. The molecule has 0 saturated carbocycles. The first-order valence-corrected chi connectivity index (χ1v) is 12.7. The number of ether oxygens (including phenoxy) is 2. The molecule has 0 aliphatic rings. The highest BCUT2D eigenvalue weighted by atomic mass is 31.2. The van der Waals surface area contributed by atoms with Gasteiger partial charge >= 0.3 is 11.9 Å². The maximum atomic E-state index is 12.2. The van der Waals surface area contributed by atoms with Crippen molar-refractivity contribution < 1.29 is 42.4 Å². The molecule has 0 radical (unpaired) electrons. The number of nitrogens with zero attached hydrogens (tertiary/aromatic N) is 1. The van der Waals surface area contributed by atoms with Crippen molar-refractivity contribution in [3.05, 3.63) is 0 Å². The van der Waals surface area contributed by atoms with Crippen molar-refractivity contribution in [3.8, 4) is 0 Å². The van der Waals surface area contributed by atoms with Gasteiger partial charge in [0.25, 0.3) is 7.82 Å². The molecule has 2 unspecified atom stereocenters. The first kappa shape index (κ1) is 30.0. The van der Waals surface area contributed by atoms with Crippen LogP contribution in [0, 0.1) is 0 Å². The Kier molecular flexibility index (Phi) is 15.3. The van der Waals surface area contributed by atoms with Crippen LogP contribution in [-0.4, -0.2) is 67.8 Å². The summed E-state index contributed by atoms with van der Waals surface area (Å²) in [5.74, 6) is -0.722. The number of carbonyl (C=O) groups is 2. The summed E-state index contributed by atoms with van der Waals surface area (Å²) in [6.45, 7) is 4.31. The molecule has 10 heteroatoms. The summed E-state index contributed by atoms with van der Waals surface area (Å²) in [7, 11) is 0.690. The number of quaternary nitrogens is 1. The maximum absolute atomic E-state index is 12.2. The summed E-state index contributed by atoms with van der Waals surface area (Å²) in [4.78, 5) is 44.4. The van der Waals surface area contributed by atoms with E-state index in [0.717, 1.165) is 38.5 Å². The van der Waals surface area contributed by atoms with Gasteiger partial charge in [-0.1, -0.05) is 39.5 Å². The number of rotatable bonds is 18. The first-order valence-electron chi connectivity index (χ1n) is 11.2. The van der Waals surface area contributed by atoms with Crippen LogP contribution in [-0.2, 0) is 28.2 Å². The molecular formula is C21H42NO8P. The molecule has 184 valence electrons. The fourth-order valence-electron chi connectivity index (χ4n) is 3.07. The number of phosphoric ester groups is 1. The Bertz CT molecular complexity index is 558. The summed E-state index contributed by atoms with van der Waals surface area (Å²) >= 11 is 0. The average Bonchev–Trinajstić information content (AvgIpc) is 2.61. The van der Waals surface area contributed by atoms with E-state index in [9.17, 15) is 19.0 Å². The first-order chi connectivity index (χ1) is 14.4. The van der Waals surface area contributed by atoms with Crippen molar-refractivity contribution in [2.24, 2.45) is 0 Å². The molecule has 9 nitrogen and oxygen atoms in total. The third-order valence-corrected chi connectivity index (χ3v) is 5.11. The molecule has 0 rings (SSSR count). The van der Waals surface area contributed by atoms with E-state index in [0.29, 0.717) is 17.4 Å². The zero-order chi connectivity index (χ0) is 23.9.